The van der Waals surface area contributed by atoms with Crippen molar-refractivity contribution >= 4 is 10.0 Å². The monoisotopic (exact) mass is 203 g/mol. The summed E-state index contributed by atoms with van der Waals surface area (Å²) in [4.78, 5) is 3.93. The van der Waals surface area contributed by atoms with Crippen LogP contribution in [0.3, 0.4) is 0 Å². The highest BCUT2D eigenvalue weighted by Crippen LogP contribution is 2.00. The first-order chi connectivity index (χ1) is 6.05. The Bertz CT molecular complexity index is 369. The molecule has 1 aromatic rings. The van der Waals surface area contributed by atoms with Gasteiger partial charge in [-0.15, -0.1) is 0 Å². The van der Waals surface area contributed by atoms with Gasteiger partial charge in [-0.25, -0.2) is 18.1 Å². The second kappa shape index (κ2) is 3.89. The van der Waals surface area contributed by atoms with Crippen molar-refractivity contribution in [3.63, 3.8) is 0 Å². The van der Waals surface area contributed by atoms with Crippen molar-refractivity contribution in [3.8, 4) is 0 Å². The average Bonchev–Trinajstić information content (AvgIpc) is 2.35. The molecule has 0 fully saturated rings. The molecule has 0 unspecified atom stereocenters. The molecule has 0 amide bonds. The van der Waals surface area contributed by atoms with Crippen LogP contribution in [0.1, 0.15) is 12.7 Å². The minimum Gasteiger partial charge on any atom is -0.337 e. The number of sulfonamides is 1. The number of aryl methyl sites for hydroxylation is 1. The molecule has 0 bridgehead atoms. The van der Waals surface area contributed by atoms with Crippen molar-refractivity contribution in [1.29, 1.82) is 0 Å². The summed E-state index contributed by atoms with van der Waals surface area (Å²) in [6.45, 7) is 2.16. The van der Waals surface area contributed by atoms with Crippen molar-refractivity contribution in [1.82, 2.24) is 14.3 Å². The van der Waals surface area contributed by atoms with E-state index in [0.29, 0.717) is 12.4 Å². The molecule has 5 nitrogen and oxygen atoms in total. The van der Waals surface area contributed by atoms with E-state index < -0.39 is 10.0 Å². The van der Waals surface area contributed by atoms with Crippen LogP contribution < -0.4 is 4.72 Å². The molecule has 0 aliphatic rings. The Hall–Kier alpha value is -0.880. The first-order valence-corrected chi connectivity index (χ1v) is 5.64. The van der Waals surface area contributed by atoms with Crippen LogP contribution in [0.15, 0.2) is 12.4 Å². The SMILES string of the molecule is CCNS(=O)(=O)Cc1nccn1C. The van der Waals surface area contributed by atoms with E-state index in [2.05, 4.69) is 9.71 Å². The van der Waals surface area contributed by atoms with Gasteiger partial charge in [0.1, 0.15) is 11.6 Å². The first kappa shape index (κ1) is 10.2. The molecule has 1 N–H and O–H groups in total. The molecular formula is C7H13N3O2S. The lowest BCUT2D eigenvalue weighted by molar-refractivity contribution is 0.580. The van der Waals surface area contributed by atoms with Crippen molar-refractivity contribution in [2.24, 2.45) is 7.05 Å². The van der Waals surface area contributed by atoms with E-state index in [4.69, 9.17) is 0 Å². The Balaban J connectivity index is 2.75. The van der Waals surface area contributed by atoms with Crippen molar-refractivity contribution in [2.75, 3.05) is 6.54 Å². The van der Waals surface area contributed by atoms with E-state index in [-0.39, 0.29) is 5.75 Å². The normalized spacial score (nSPS) is 11.8. The lowest BCUT2D eigenvalue weighted by atomic mass is 10.7. The molecule has 13 heavy (non-hydrogen) atoms. The zero-order valence-electron chi connectivity index (χ0n) is 7.69. The van der Waals surface area contributed by atoms with Gasteiger partial charge in [0.15, 0.2) is 0 Å². The van der Waals surface area contributed by atoms with Gasteiger partial charge in [0.25, 0.3) is 0 Å². The van der Waals surface area contributed by atoms with Crippen molar-refractivity contribution in [3.05, 3.63) is 18.2 Å². The first-order valence-electron chi connectivity index (χ1n) is 3.98. The molecular weight excluding hydrogens is 190 g/mol. The second-order valence-corrected chi connectivity index (χ2v) is 4.52. The zero-order chi connectivity index (χ0) is 9.90. The number of nitrogens with one attached hydrogen (secondary N) is 1. The predicted molar refractivity (Wildman–Crippen MR) is 49.5 cm³/mol. The number of aromatic nitrogens is 2. The summed E-state index contributed by atoms with van der Waals surface area (Å²) in [5, 5.41) is 0. The fourth-order valence-corrected chi connectivity index (χ4v) is 2.14. The van der Waals surface area contributed by atoms with Gasteiger partial charge in [0.2, 0.25) is 10.0 Å². The summed E-state index contributed by atoms with van der Waals surface area (Å²) < 4.78 is 26.7. The molecule has 0 atom stereocenters. The van der Waals surface area contributed by atoms with E-state index in [1.807, 2.05) is 0 Å². The highest BCUT2D eigenvalue weighted by atomic mass is 32.2. The van der Waals surface area contributed by atoms with E-state index in [9.17, 15) is 8.42 Å². The maximum atomic E-state index is 11.3. The maximum Gasteiger partial charge on any atom is 0.218 e. The predicted octanol–water partition coefficient (Wildman–Crippen LogP) is -0.141. The number of nitrogens with zero attached hydrogens (tertiary/aromatic N) is 2. The molecule has 0 aromatic carbocycles. The Morgan fingerprint density at radius 1 is 1.62 bits per heavy atom. The van der Waals surface area contributed by atoms with Gasteiger partial charge in [-0.05, 0) is 0 Å². The van der Waals surface area contributed by atoms with Gasteiger partial charge in [-0.1, -0.05) is 6.92 Å². The number of rotatable bonds is 4. The molecule has 0 aliphatic heterocycles. The molecule has 0 spiro atoms. The molecule has 0 radical (unpaired) electrons. The molecule has 0 saturated carbocycles. The molecule has 6 heteroatoms. The Labute approximate surface area is 77.8 Å². The summed E-state index contributed by atoms with van der Waals surface area (Å²) in [5.41, 5.74) is 0. The Morgan fingerprint density at radius 3 is 2.77 bits per heavy atom. The summed E-state index contributed by atoms with van der Waals surface area (Å²) in [6, 6.07) is 0. The van der Waals surface area contributed by atoms with Gasteiger partial charge >= 0.3 is 0 Å². The van der Waals surface area contributed by atoms with E-state index in [0.717, 1.165) is 0 Å². The van der Waals surface area contributed by atoms with Gasteiger partial charge in [-0.2, -0.15) is 0 Å². The van der Waals surface area contributed by atoms with Crippen LogP contribution >= 0.6 is 0 Å². The number of hydrogen-bond acceptors (Lipinski definition) is 3. The zero-order valence-corrected chi connectivity index (χ0v) is 8.50. The standard InChI is InChI=1S/C7H13N3O2S/c1-3-9-13(11,12)6-7-8-4-5-10(7)2/h4-5,9H,3,6H2,1-2H3. The molecule has 1 rings (SSSR count). The average molecular weight is 203 g/mol. The number of hydrogen-bond donors (Lipinski definition) is 1. The van der Waals surface area contributed by atoms with Gasteiger partial charge in [0, 0.05) is 26.0 Å². The van der Waals surface area contributed by atoms with Crippen LogP contribution in [0.4, 0.5) is 0 Å². The Morgan fingerprint density at radius 2 is 2.31 bits per heavy atom. The van der Waals surface area contributed by atoms with Crippen LogP contribution in [0.25, 0.3) is 0 Å². The quantitative estimate of drug-likeness (QED) is 0.740. The van der Waals surface area contributed by atoms with Crippen LogP contribution in [0.5, 0.6) is 0 Å². The third-order valence-electron chi connectivity index (χ3n) is 1.60. The topological polar surface area (TPSA) is 64.0 Å². The third-order valence-corrected chi connectivity index (χ3v) is 2.97. The van der Waals surface area contributed by atoms with Crippen LogP contribution in [-0.2, 0) is 22.8 Å². The van der Waals surface area contributed by atoms with Crippen molar-refractivity contribution in [2.45, 2.75) is 12.7 Å². The highest BCUT2D eigenvalue weighted by molar-refractivity contribution is 7.88. The number of imidazole rings is 1. The fourth-order valence-electron chi connectivity index (χ4n) is 0.976. The summed E-state index contributed by atoms with van der Waals surface area (Å²) in [7, 11) is -1.44. The fraction of sp³-hybridized carbons (Fsp3) is 0.571. The summed E-state index contributed by atoms with van der Waals surface area (Å²) in [5.74, 6) is 0.477. The Kier molecular flexibility index (Phi) is 3.05. The molecule has 1 heterocycles. The maximum absolute atomic E-state index is 11.3. The van der Waals surface area contributed by atoms with Crippen molar-refractivity contribution < 1.29 is 8.42 Å². The molecule has 74 valence electrons. The van der Waals surface area contributed by atoms with Crippen LogP contribution in [0.2, 0.25) is 0 Å². The lowest BCUT2D eigenvalue weighted by Gasteiger charge is -2.03. The molecule has 1 aromatic heterocycles. The van der Waals surface area contributed by atoms with Crippen LogP contribution in [0, 0.1) is 0 Å². The van der Waals surface area contributed by atoms with Gasteiger partial charge in [-0.3, -0.25) is 0 Å². The lowest BCUT2D eigenvalue weighted by Crippen LogP contribution is -2.25. The molecule has 0 aliphatic carbocycles. The summed E-state index contributed by atoms with van der Waals surface area (Å²) in [6.07, 6.45) is 3.30. The summed E-state index contributed by atoms with van der Waals surface area (Å²) >= 11 is 0. The molecule has 0 saturated heterocycles. The minimum absolute atomic E-state index is 0.0651. The highest BCUT2D eigenvalue weighted by Gasteiger charge is 2.12. The van der Waals surface area contributed by atoms with Crippen LogP contribution in [-0.4, -0.2) is 24.5 Å². The smallest absolute Gasteiger partial charge is 0.218 e. The van der Waals surface area contributed by atoms with E-state index in [1.165, 1.54) is 0 Å². The van der Waals surface area contributed by atoms with E-state index >= 15 is 0 Å². The minimum atomic E-state index is -3.21. The van der Waals surface area contributed by atoms with Gasteiger partial charge in [0.05, 0.1) is 0 Å². The van der Waals surface area contributed by atoms with Gasteiger partial charge < -0.3 is 4.57 Å². The second-order valence-electron chi connectivity index (χ2n) is 2.71. The largest absolute Gasteiger partial charge is 0.337 e. The van der Waals surface area contributed by atoms with E-state index in [1.54, 1.807) is 30.9 Å². The third kappa shape index (κ3) is 2.82.